The Morgan fingerprint density at radius 2 is 2.00 bits per heavy atom. The largest absolute Gasteiger partial charge is 0.102 e. The van der Waals surface area contributed by atoms with Crippen molar-refractivity contribution in [2.75, 3.05) is 4.43 Å². The summed E-state index contributed by atoms with van der Waals surface area (Å²) in [5, 5.41) is 0. The number of hydrogen-bond acceptors (Lipinski definition) is 0. The van der Waals surface area contributed by atoms with Crippen molar-refractivity contribution in [1.82, 2.24) is 0 Å². The molecule has 0 unspecified atom stereocenters. The van der Waals surface area contributed by atoms with Crippen LogP contribution in [0.25, 0.3) is 0 Å². The van der Waals surface area contributed by atoms with Crippen molar-refractivity contribution in [3.05, 3.63) is 20.1 Å². The van der Waals surface area contributed by atoms with Crippen molar-refractivity contribution in [1.29, 1.82) is 0 Å². The molecular formula is C4H6I. The van der Waals surface area contributed by atoms with Crippen molar-refractivity contribution in [2.45, 2.75) is 0 Å². The average Bonchev–Trinajstić information content (AvgIpc) is 1.37. The van der Waals surface area contributed by atoms with Gasteiger partial charge in [-0.2, -0.15) is 0 Å². The molecule has 0 bridgehead atoms. The first-order valence-electron chi connectivity index (χ1n) is 1.08. The van der Waals surface area contributed by atoms with Gasteiger partial charge in [0.1, 0.15) is 0 Å². The zero-order chi connectivity index (χ0) is 3.41. The summed E-state index contributed by atoms with van der Waals surface area (Å²) in [6.07, 6.45) is 1.86. The highest BCUT2D eigenvalue weighted by molar-refractivity contribution is 14.1. The second kappa shape index (κ2) is 8.82. The fraction of sp³-hybridized carbons (Fsp3) is 0.250. The SMILES string of the molecule is C=CCI.[CH]. The van der Waals surface area contributed by atoms with Crippen LogP contribution in [0.3, 0.4) is 0 Å². The normalized spacial score (nSPS) is 5.00. The van der Waals surface area contributed by atoms with E-state index in [1.54, 1.807) is 0 Å². The van der Waals surface area contributed by atoms with E-state index in [-0.39, 0.29) is 7.43 Å². The Bertz CT molecular complexity index is 17.6. The first-order chi connectivity index (χ1) is 1.91. The van der Waals surface area contributed by atoms with Crippen molar-refractivity contribution in [3.63, 3.8) is 0 Å². The van der Waals surface area contributed by atoms with E-state index in [0.717, 1.165) is 4.43 Å². The van der Waals surface area contributed by atoms with Gasteiger partial charge in [-0.05, 0) is 7.43 Å². The molecule has 5 heavy (non-hydrogen) atoms. The summed E-state index contributed by atoms with van der Waals surface area (Å²) in [4.78, 5) is 0. The van der Waals surface area contributed by atoms with E-state index in [9.17, 15) is 0 Å². The van der Waals surface area contributed by atoms with E-state index in [4.69, 9.17) is 0 Å². The van der Waals surface area contributed by atoms with E-state index in [2.05, 4.69) is 29.2 Å². The summed E-state index contributed by atoms with van der Waals surface area (Å²) in [6.45, 7) is 3.47. The van der Waals surface area contributed by atoms with Crippen LogP contribution in [0, 0.1) is 7.43 Å². The van der Waals surface area contributed by atoms with E-state index in [1.807, 2.05) is 6.08 Å². The lowest BCUT2D eigenvalue weighted by atomic mass is 10.8. The maximum Gasteiger partial charge on any atom is 0.0173 e. The molecule has 0 aliphatic carbocycles. The summed E-state index contributed by atoms with van der Waals surface area (Å²) < 4.78 is 1.05. The van der Waals surface area contributed by atoms with Gasteiger partial charge in [-0.25, -0.2) is 0 Å². The van der Waals surface area contributed by atoms with Gasteiger partial charge in [0.15, 0.2) is 0 Å². The highest BCUT2D eigenvalue weighted by atomic mass is 127. The number of alkyl halides is 1. The molecule has 0 N–H and O–H groups in total. The number of hydrogen-bond donors (Lipinski definition) is 0. The molecule has 0 saturated heterocycles. The van der Waals surface area contributed by atoms with Gasteiger partial charge in [0.25, 0.3) is 0 Å². The van der Waals surface area contributed by atoms with E-state index in [0.29, 0.717) is 0 Å². The molecule has 1 heteroatoms. The van der Waals surface area contributed by atoms with Crippen LogP contribution in [0.2, 0.25) is 0 Å². The molecule has 0 nitrogen and oxygen atoms in total. The molecular weight excluding hydrogens is 175 g/mol. The molecule has 0 aromatic heterocycles. The van der Waals surface area contributed by atoms with E-state index in [1.165, 1.54) is 0 Å². The minimum Gasteiger partial charge on any atom is -0.102 e. The van der Waals surface area contributed by atoms with Gasteiger partial charge >= 0.3 is 0 Å². The Morgan fingerprint density at radius 1 is 1.80 bits per heavy atom. The fourth-order valence-electron chi connectivity index (χ4n) is 0. The van der Waals surface area contributed by atoms with Crippen LogP contribution in [-0.4, -0.2) is 4.43 Å². The molecule has 0 amide bonds. The minimum atomic E-state index is 0. The molecule has 0 saturated carbocycles. The molecule has 3 radical (unpaired) electrons. The number of allylic oxidation sites excluding steroid dienone is 1. The maximum absolute atomic E-state index is 3.47. The second-order valence-corrected chi connectivity index (χ2v) is 1.32. The third-order valence-corrected chi connectivity index (χ3v) is 0.732. The summed E-state index contributed by atoms with van der Waals surface area (Å²) in [6, 6.07) is 0. The molecule has 0 atom stereocenters. The van der Waals surface area contributed by atoms with Gasteiger partial charge in [0.2, 0.25) is 0 Å². The van der Waals surface area contributed by atoms with Crippen molar-refractivity contribution < 1.29 is 0 Å². The summed E-state index contributed by atoms with van der Waals surface area (Å²) in [5.74, 6) is 0. The minimum absolute atomic E-state index is 0. The molecule has 0 aromatic carbocycles. The molecule has 0 aliphatic rings. The predicted octanol–water partition coefficient (Wildman–Crippen LogP) is 1.81. The maximum atomic E-state index is 3.47. The lowest BCUT2D eigenvalue weighted by molar-refractivity contribution is 1.90. The Morgan fingerprint density at radius 3 is 2.00 bits per heavy atom. The zero-order valence-electron chi connectivity index (χ0n) is 2.95. The molecule has 29 valence electrons. The van der Waals surface area contributed by atoms with Crippen LogP contribution in [0.15, 0.2) is 12.7 Å². The standard InChI is InChI=1S/C3H5I.CH/c1-2-3-4;/h2H,1,3H2;1H. The molecule has 0 fully saturated rings. The summed E-state index contributed by atoms with van der Waals surface area (Å²) in [5.41, 5.74) is 0. The monoisotopic (exact) mass is 181 g/mol. The Balaban J connectivity index is 0. The van der Waals surface area contributed by atoms with Crippen LogP contribution in [0.4, 0.5) is 0 Å². The fourth-order valence-corrected chi connectivity index (χ4v) is 0. The molecule has 0 spiro atoms. The van der Waals surface area contributed by atoms with Gasteiger partial charge in [-0.1, -0.05) is 28.7 Å². The van der Waals surface area contributed by atoms with E-state index >= 15 is 0 Å². The molecule has 0 heterocycles. The van der Waals surface area contributed by atoms with Crippen molar-refractivity contribution >= 4 is 22.6 Å². The summed E-state index contributed by atoms with van der Waals surface area (Å²) >= 11 is 2.23. The van der Waals surface area contributed by atoms with Gasteiger partial charge in [0, 0.05) is 4.43 Å². The zero-order valence-corrected chi connectivity index (χ0v) is 5.10. The van der Waals surface area contributed by atoms with Crippen molar-refractivity contribution in [2.24, 2.45) is 0 Å². The predicted molar refractivity (Wildman–Crippen MR) is 33.4 cm³/mol. The second-order valence-electron chi connectivity index (χ2n) is 0.443. The van der Waals surface area contributed by atoms with Crippen LogP contribution in [0.5, 0.6) is 0 Å². The Kier molecular flexibility index (Phi) is 16.0. The summed E-state index contributed by atoms with van der Waals surface area (Å²) in [7, 11) is 0. The van der Waals surface area contributed by atoms with Crippen LogP contribution in [-0.2, 0) is 0 Å². The Hall–Kier alpha value is 0.470. The third-order valence-electron chi connectivity index (χ3n) is 0.109. The smallest absolute Gasteiger partial charge is 0.0173 e. The quantitative estimate of drug-likeness (QED) is 0.328. The van der Waals surface area contributed by atoms with Gasteiger partial charge in [0.05, 0.1) is 0 Å². The lowest BCUT2D eigenvalue weighted by Crippen LogP contribution is -1.43. The topological polar surface area (TPSA) is 0 Å². The van der Waals surface area contributed by atoms with Crippen LogP contribution in [0.1, 0.15) is 0 Å². The van der Waals surface area contributed by atoms with Crippen LogP contribution >= 0.6 is 22.6 Å². The first kappa shape index (κ1) is 9.08. The van der Waals surface area contributed by atoms with Crippen molar-refractivity contribution in [3.8, 4) is 0 Å². The van der Waals surface area contributed by atoms with E-state index < -0.39 is 0 Å². The first-order valence-corrected chi connectivity index (χ1v) is 2.61. The Labute approximate surface area is 47.4 Å². The molecule has 0 aliphatic heterocycles. The molecule has 0 aromatic rings. The third kappa shape index (κ3) is 12.6. The van der Waals surface area contributed by atoms with Gasteiger partial charge in [-0.15, -0.1) is 6.58 Å². The molecule has 0 rings (SSSR count). The number of halogens is 1. The average molecular weight is 181 g/mol. The highest BCUT2D eigenvalue weighted by Gasteiger charge is 1.47. The van der Waals surface area contributed by atoms with Gasteiger partial charge in [-0.3, -0.25) is 0 Å². The highest BCUT2D eigenvalue weighted by Crippen LogP contribution is 1.75. The lowest BCUT2D eigenvalue weighted by Gasteiger charge is -1.55. The van der Waals surface area contributed by atoms with Gasteiger partial charge < -0.3 is 0 Å². The van der Waals surface area contributed by atoms with Crippen LogP contribution < -0.4 is 0 Å². The number of rotatable bonds is 1.